The fraction of sp³-hybridized carbons (Fsp3) is 0.182. The molecule has 2 aromatic carbocycles. The van der Waals surface area contributed by atoms with Crippen molar-refractivity contribution < 1.29 is 13.2 Å². The molecule has 30 heavy (non-hydrogen) atoms. The number of nitrogens with two attached hydrogens (primary N) is 1. The Balaban J connectivity index is 1.49. The van der Waals surface area contributed by atoms with E-state index >= 15 is 0 Å². The van der Waals surface area contributed by atoms with Gasteiger partial charge >= 0.3 is 0 Å². The third kappa shape index (κ3) is 3.37. The summed E-state index contributed by atoms with van der Waals surface area (Å²) in [6.45, 7) is 0. The van der Waals surface area contributed by atoms with Gasteiger partial charge in [0.05, 0.1) is 5.52 Å². The van der Waals surface area contributed by atoms with Gasteiger partial charge in [0.1, 0.15) is 21.2 Å². The van der Waals surface area contributed by atoms with Crippen LogP contribution >= 0.6 is 22.9 Å². The molecule has 0 saturated carbocycles. The molecule has 2 aromatic heterocycles. The van der Waals surface area contributed by atoms with Crippen molar-refractivity contribution >= 4 is 49.8 Å². The Hall–Kier alpha value is -2.48. The van der Waals surface area contributed by atoms with Gasteiger partial charge < -0.3 is 5.73 Å². The number of pyridine rings is 1. The zero-order chi connectivity index (χ0) is 21.0. The average molecular weight is 446 g/mol. The highest BCUT2D eigenvalue weighted by Gasteiger charge is 2.29. The number of hydrogen-bond acceptors (Lipinski definition) is 4. The van der Waals surface area contributed by atoms with Gasteiger partial charge in [0.2, 0.25) is 0 Å². The summed E-state index contributed by atoms with van der Waals surface area (Å²) in [5, 5.41) is 2.35. The van der Waals surface area contributed by atoms with Crippen LogP contribution in [0.25, 0.3) is 26.8 Å². The molecule has 0 spiro atoms. The summed E-state index contributed by atoms with van der Waals surface area (Å²) in [7, 11) is 0. The third-order valence-corrected chi connectivity index (χ3v) is 6.72. The molecule has 1 aliphatic rings. The van der Waals surface area contributed by atoms with Crippen LogP contribution in [0, 0.1) is 17.5 Å². The van der Waals surface area contributed by atoms with E-state index in [9.17, 15) is 13.2 Å². The number of halogens is 4. The first-order valence-corrected chi connectivity index (χ1v) is 10.5. The summed E-state index contributed by atoms with van der Waals surface area (Å²) < 4.78 is 41.1. The van der Waals surface area contributed by atoms with Gasteiger partial charge in [-0.05, 0) is 54.3 Å². The van der Waals surface area contributed by atoms with Gasteiger partial charge in [0.25, 0.3) is 0 Å². The molecule has 0 bridgehead atoms. The van der Waals surface area contributed by atoms with E-state index in [0.29, 0.717) is 23.9 Å². The summed E-state index contributed by atoms with van der Waals surface area (Å²) in [5.41, 5.74) is 8.97. The predicted molar refractivity (Wildman–Crippen MR) is 114 cm³/mol. The number of rotatable bonds is 2. The zero-order valence-electron chi connectivity index (χ0n) is 15.5. The summed E-state index contributed by atoms with van der Waals surface area (Å²) in [6, 6.07) is 8.50. The molecule has 8 heteroatoms. The number of thiazole rings is 1. The summed E-state index contributed by atoms with van der Waals surface area (Å²) >= 11 is 7.53. The number of benzene rings is 2. The summed E-state index contributed by atoms with van der Waals surface area (Å²) in [6.07, 6.45) is 2.82. The minimum Gasteiger partial charge on any atom is -0.327 e. The fourth-order valence-corrected chi connectivity index (χ4v) is 5.07. The van der Waals surface area contributed by atoms with Crippen molar-refractivity contribution in [1.29, 1.82) is 0 Å². The normalized spacial score (nSPS) is 19.4. The lowest BCUT2D eigenvalue weighted by atomic mass is 9.81. The van der Waals surface area contributed by atoms with Crippen LogP contribution in [-0.4, -0.2) is 16.0 Å². The molecule has 0 saturated heterocycles. The molecule has 152 valence electrons. The Bertz CT molecular complexity index is 1330. The molecule has 1 aliphatic carbocycles. The second-order valence-electron chi connectivity index (χ2n) is 7.40. The predicted octanol–water partition coefficient (Wildman–Crippen LogP) is 6.20. The number of fused-ring (bicyclic) bond motifs is 2. The van der Waals surface area contributed by atoms with Crippen molar-refractivity contribution in [2.75, 3.05) is 0 Å². The van der Waals surface area contributed by atoms with Crippen molar-refractivity contribution in [2.24, 2.45) is 5.73 Å². The highest BCUT2D eigenvalue weighted by Crippen LogP contribution is 2.39. The van der Waals surface area contributed by atoms with E-state index in [-0.39, 0.29) is 5.56 Å². The minimum absolute atomic E-state index is 0.103. The van der Waals surface area contributed by atoms with Crippen molar-refractivity contribution in [3.8, 4) is 0 Å². The zero-order valence-corrected chi connectivity index (χ0v) is 17.1. The molecule has 3 nitrogen and oxygen atoms in total. The standard InChI is InChI=1S/C22H15ClF3N3S/c23-12-2-4-19-11(5-12)7-20-22(28-19)30-21(29-20)10-1-3-13(18(27)6-10)14-8-16(25)17(26)9-15(14)24/h1-2,4-5,7-9,13,18H,3,6,27H2/t13-,18+/m1/s1. The highest BCUT2D eigenvalue weighted by molar-refractivity contribution is 7.19. The van der Waals surface area contributed by atoms with Crippen molar-refractivity contribution in [1.82, 2.24) is 9.97 Å². The van der Waals surface area contributed by atoms with Crippen LogP contribution in [0.15, 0.2) is 42.5 Å². The van der Waals surface area contributed by atoms with Crippen molar-refractivity contribution in [3.05, 3.63) is 75.5 Å². The van der Waals surface area contributed by atoms with E-state index in [1.165, 1.54) is 11.3 Å². The van der Waals surface area contributed by atoms with E-state index in [2.05, 4.69) is 4.98 Å². The Morgan fingerprint density at radius 1 is 0.967 bits per heavy atom. The van der Waals surface area contributed by atoms with Gasteiger partial charge in [0, 0.05) is 28.4 Å². The topological polar surface area (TPSA) is 51.8 Å². The average Bonchev–Trinajstić information content (AvgIpc) is 3.12. The summed E-state index contributed by atoms with van der Waals surface area (Å²) in [4.78, 5) is 10.2. The smallest absolute Gasteiger partial charge is 0.161 e. The number of hydrogen-bond donors (Lipinski definition) is 1. The SMILES string of the molecule is N[C@H]1CC(c2nc3cc4cc(Cl)ccc4nc3s2)=CC[C@@H]1c1cc(F)c(F)cc1F. The molecule has 0 amide bonds. The maximum atomic E-state index is 14.2. The minimum atomic E-state index is -1.20. The van der Waals surface area contributed by atoms with Crippen LogP contribution in [-0.2, 0) is 0 Å². The van der Waals surface area contributed by atoms with Gasteiger partial charge in [-0.25, -0.2) is 23.1 Å². The first-order valence-electron chi connectivity index (χ1n) is 9.35. The Morgan fingerprint density at radius 2 is 1.77 bits per heavy atom. The van der Waals surface area contributed by atoms with Crippen molar-refractivity contribution in [3.63, 3.8) is 0 Å². The molecule has 2 N–H and O–H groups in total. The molecule has 0 fully saturated rings. The molecule has 0 aliphatic heterocycles. The van der Waals surface area contributed by atoms with E-state index < -0.39 is 29.4 Å². The molecule has 0 unspecified atom stereocenters. The Morgan fingerprint density at radius 3 is 2.57 bits per heavy atom. The van der Waals surface area contributed by atoms with Crippen LogP contribution in [0.2, 0.25) is 5.02 Å². The van der Waals surface area contributed by atoms with E-state index in [4.69, 9.17) is 22.3 Å². The van der Waals surface area contributed by atoms with Gasteiger partial charge in [-0.3, -0.25) is 0 Å². The highest BCUT2D eigenvalue weighted by atomic mass is 35.5. The second kappa shape index (κ2) is 7.34. The van der Waals surface area contributed by atoms with Gasteiger partial charge in [-0.1, -0.05) is 29.0 Å². The van der Waals surface area contributed by atoms with E-state index in [1.54, 1.807) is 6.07 Å². The third-order valence-electron chi connectivity index (χ3n) is 5.44. The van der Waals surface area contributed by atoms with Gasteiger partial charge in [-0.2, -0.15) is 0 Å². The molecule has 5 rings (SSSR count). The maximum Gasteiger partial charge on any atom is 0.161 e. The lowest BCUT2D eigenvalue weighted by Gasteiger charge is -2.28. The van der Waals surface area contributed by atoms with Crippen molar-refractivity contribution in [2.45, 2.75) is 24.8 Å². The molecular formula is C22H15ClF3N3S. The quantitative estimate of drug-likeness (QED) is 0.373. The monoisotopic (exact) mass is 445 g/mol. The second-order valence-corrected chi connectivity index (χ2v) is 8.81. The maximum absolute atomic E-state index is 14.2. The molecule has 2 heterocycles. The van der Waals surface area contributed by atoms with Crippen LogP contribution < -0.4 is 5.73 Å². The lowest BCUT2D eigenvalue weighted by molar-refractivity contribution is 0.463. The Labute approximate surface area is 179 Å². The first-order chi connectivity index (χ1) is 14.4. The number of allylic oxidation sites excluding steroid dienone is 1. The molecule has 2 atom stereocenters. The fourth-order valence-electron chi connectivity index (χ4n) is 3.91. The Kier molecular flexibility index (Phi) is 4.76. The van der Waals surface area contributed by atoms with Gasteiger partial charge in [0.15, 0.2) is 11.6 Å². The van der Waals surface area contributed by atoms with E-state index in [0.717, 1.165) is 37.9 Å². The summed E-state index contributed by atoms with van der Waals surface area (Å²) in [5.74, 6) is -3.48. The van der Waals surface area contributed by atoms with Gasteiger partial charge in [-0.15, -0.1) is 0 Å². The van der Waals surface area contributed by atoms with Crippen LogP contribution in [0.5, 0.6) is 0 Å². The van der Waals surface area contributed by atoms with Crippen LogP contribution in [0.1, 0.15) is 29.3 Å². The number of aromatic nitrogens is 2. The van der Waals surface area contributed by atoms with E-state index in [1.807, 2.05) is 24.3 Å². The van der Waals surface area contributed by atoms with Crippen LogP contribution in [0.4, 0.5) is 13.2 Å². The molecule has 4 aromatic rings. The molecule has 0 radical (unpaired) electrons. The number of nitrogens with zero attached hydrogens (tertiary/aromatic N) is 2. The first kappa shape index (κ1) is 19.5. The lowest BCUT2D eigenvalue weighted by Crippen LogP contribution is -2.31. The van der Waals surface area contributed by atoms with Crippen LogP contribution in [0.3, 0.4) is 0 Å². The largest absolute Gasteiger partial charge is 0.327 e. The molecular weight excluding hydrogens is 431 g/mol.